The van der Waals surface area contributed by atoms with Gasteiger partial charge in [0, 0.05) is 18.9 Å². The van der Waals surface area contributed by atoms with Gasteiger partial charge in [-0.05, 0) is 30.5 Å². The maximum Gasteiger partial charge on any atom is 0.225 e. The Morgan fingerprint density at radius 3 is 2.74 bits per heavy atom. The van der Waals surface area contributed by atoms with Crippen molar-refractivity contribution >= 4 is 11.7 Å². The smallest absolute Gasteiger partial charge is 0.225 e. The Morgan fingerprint density at radius 2 is 2.05 bits per heavy atom. The van der Waals surface area contributed by atoms with Gasteiger partial charge in [-0.1, -0.05) is 19.1 Å². The van der Waals surface area contributed by atoms with Crippen LogP contribution in [0.15, 0.2) is 24.3 Å². The molecular formula is C15H18FNO2. The molecule has 4 heteroatoms. The topological polar surface area (TPSA) is 37.4 Å². The second kappa shape index (κ2) is 5.95. The first kappa shape index (κ1) is 13.7. The molecule has 0 radical (unpaired) electrons. The minimum atomic E-state index is -0.309. The molecule has 1 aromatic rings. The third-order valence-electron chi connectivity index (χ3n) is 3.48. The lowest BCUT2D eigenvalue weighted by Gasteiger charge is -2.30. The molecule has 1 aliphatic rings. The summed E-state index contributed by atoms with van der Waals surface area (Å²) < 4.78 is 12.8. The van der Waals surface area contributed by atoms with Crippen molar-refractivity contribution in [2.75, 3.05) is 13.1 Å². The van der Waals surface area contributed by atoms with Crippen molar-refractivity contribution in [2.24, 2.45) is 5.92 Å². The Morgan fingerprint density at radius 1 is 1.37 bits per heavy atom. The molecule has 102 valence electrons. The zero-order chi connectivity index (χ0) is 13.8. The molecule has 0 saturated carbocycles. The van der Waals surface area contributed by atoms with E-state index >= 15 is 0 Å². The summed E-state index contributed by atoms with van der Waals surface area (Å²) in [4.78, 5) is 25.5. The van der Waals surface area contributed by atoms with Gasteiger partial charge in [0.15, 0.2) is 5.78 Å². The molecule has 1 atom stereocenters. The number of amides is 1. The van der Waals surface area contributed by atoms with Crippen LogP contribution in [-0.4, -0.2) is 29.7 Å². The number of Topliss-reactive ketones (excluding diaryl/α,β-unsaturated/α-hetero) is 1. The fourth-order valence-corrected chi connectivity index (χ4v) is 2.39. The van der Waals surface area contributed by atoms with Crippen LogP contribution in [0.1, 0.15) is 25.3 Å². The third kappa shape index (κ3) is 3.63. The van der Waals surface area contributed by atoms with Crippen molar-refractivity contribution < 1.29 is 14.0 Å². The molecule has 1 aromatic carbocycles. The first-order valence-electron chi connectivity index (χ1n) is 6.61. The number of carbonyl (C=O) groups is 2. The van der Waals surface area contributed by atoms with E-state index in [0.717, 1.165) is 18.4 Å². The summed E-state index contributed by atoms with van der Waals surface area (Å²) >= 11 is 0. The minimum Gasteiger partial charge on any atom is -0.335 e. The van der Waals surface area contributed by atoms with Gasteiger partial charge in [-0.3, -0.25) is 9.59 Å². The summed E-state index contributed by atoms with van der Waals surface area (Å²) in [7, 11) is 0. The van der Waals surface area contributed by atoms with Crippen LogP contribution in [-0.2, 0) is 16.0 Å². The van der Waals surface area contributed by atoms with Crippen molar-refractivity contribution in [3.63, 3.8) is 0 Å². The molecule has 0 aliphatic carbocycles. The number of likely N-dealkylation sites (tertiary alicyclic amines) is 1. The molecule has 1 heterocycles. The van der Waals surface area contributed by atoms with Crippen LogP contribution < -0.4 is 0 Å². The Bertz CT molecular complexity index is 470. The van der Waals surface area contributed by atoms with Gasteiger partial charge in [-0.2, -0.15) is 0 Å². The molecular weight excluding hydrogens is 245 g/mol. The molecule has 0 N–H and O–H groups in total. The summed E-state index contributed by atoms with van der Waals surface area (Å²) in [5.74, 6) is -0.226. The molecule has 1 saturated heterocycles. The lowest BCUT2D eigenvalue weighted by atomic mass is 9.98. The van der Waals surface area contributed by atoms with Gasteiger partial charge in [0.1, 0.15) is 5.82 Å². The van der Waals surface area contributed by atoms with Crippen LogP contribution in [0.4, 0.5) is 4.39 Å². The summed E-state index contributed by atoms with van der Waals surface area (Å²) in [5.41, 5.74) is 0.781. The first-order valence-corrected chi connectivity index (χ1v) is 6.61. The number of ketones is 1. The zero-order valence-electron chi connectivity index (χ0n) is 11.1. The molecule has 1 aliphatic heterocycles. The zero-order valence-corrected chi connectivity index (χ0v) is 11.1. The monoisotopic (exact) mass is 263 g/mol. The molecule has 1 fully saturated rings. The summed E-state index contributed by atoms with van der Waals surface area (Å²) in [6.45, 7) is 2.73. The minimum absolute atomic E-state index is 0.00550. The number of benzene rings is 1. The highest BCUT2D eigenvalue weighted by Crippen LogP contribution is 2.17. The van der Waals surface area contributed by atoms with Crippen molar-refractivity contribution in [3.8, 4) is 0 Å². The van der Waals surface area contributed by atoms with E-state index in [4.69, 9.17) is 0 Å². The first-order chi connectivity index (χ1) is 9.06. The van der Waals surface area contributed by atoms with E-state index in [1.807, 2.05) is 6.92 Å². The van der Waals surface area contributed by atoms with Gasteiger partial charge >= 0.3 is 0 Å². The molecule has 2 rings (SSSR count). The molecule has 0 aromatic heterocycles. The lowest BCUT2D eigenvalue weighted by Crippen LogP contribution is -2.43. The maximum absolute atomic E-state index is 12.8. The van der Waals surface area contributed by atoms with Crippen LogP contribution in [0.3, 0.4) is 0 Å². The highest BCUT2D eigenvalue weighted by Gasteiger charge is 2.26. The number of halogens is 1. The molecule has 1 amide bonds. The average molecular weight is 263 g/mol. The third-order valence-corrected chi connectivity index (χ3v) is 3.48. The van der Waals surface area contributed by atoms with Crippen molar-refractivity contribution in [1.82, 2.24) is 4.90 Å². The van der Waals surface area contributed by atoms with Gasteiger partial charge < -0.3 is 4.90 Å². The number of rotatable bonds is 4. The largest absolute Gasteiger partial charge is 0.335 e. The van der Waals surface area contributed by atoms with Crippen LogP contribution in [0.5, 0.6) is 0 Å². The number of hydrogen-bond acceptors (Lipinski definition) is 2. The molecule has 1 unspecified atom stereocenters. The van der Waals surface area contributed by atoms with Crippen LogP contribution >= 0.6 is 0 Å². The van der Waals surface area contributed by atoms with E-state index in [1.165, 1.54) is 12.1 Å². The van der Waals surface area contributed by atoms with E-state index in [1.54, 1.807) is 17.0 Å². The van der Waals surface area contributed by atoms with Crippen LogP contribution in [0.2, 0.25) is 0 Å². The number of carbonyl (C=O) groups excluding carboxylic acids is 2. The molecule has 3 nitrogen and oxygen atoms in total. The van der Waals surface area contributed by atoms with Crippen molar-refractivity contribution in [1.29, 1.82) is 0 Å². The fraction of sp³-hybridized carbons (Fsp3) is 0.467. The summed E-state index contributed by atoms with van der Waals surface area (Å²) in [6.07, 6.45) is 2.11. The van der Waals surface area contributed by atoms with E-state index in [0.29, 0.717) is 6.54 Å². The van der Waals surface area contributed by atoms with Gasteiger partial charge in [-0.25, -0.2) is 4.39 Å². The summed E-state index contributed by atoms with van der Waals surface area (Å²) in [6, 6.07) is 5.90. The number of nitrogens with zero attached hydrogens (tertiary/aromatic N) is 1. The van der Waals surface area contributed by atoms with E-state index in [2.05, 4.69) is 0 Å². The lowest BCUT2D eigenvalue weighted by molar-refractivity contribution is -0.140. The van der Waals surface area contributed by atoms with Crippen molar-refractivity contribution in [2.45, 2.75) is 26.2 Å². The van der Waals surface area contributed by atoms with Gasteiger partial charge in [0.25, 0.3) is 0 Å². The quantitative estimate of drug-likeness (QED) is 0.835. The normalized spacial score (nSPS) is 19.6. The Labute approximate surface area is 112 Å². The van der Waals surface area contributed by atoms with Gasteiger partial charge in [0.2, 0.25) is 5.91 Å². The highest BCUT2D eigenvalue weighted by atomic mass is 19.1. The maximum atomic E-state index is 12.8. The van der Waals surface area contributed by atoms with Crippen molar-refractivity contribution in [3.05, 3.63) is 35.6 Å². The Hall–Kier alpha value is -1.71. The number of hydrogen-bond donors (Lipinski definition) is 0. The Balaban J connectivity index is 1.90. The average Bonchev–Trinajstić information content (AvgIpc) is 2.38. The van der Waals surface area contributed by atoms with Gasteiger partial charge in [-0.15, -0.1) is 0 Å². The standard InChI is InChI=1S/C15H18FNO2/c1-11-3-2-8-17(15(11)19)10-14(18)9-12-4-6-13(16)7-5-12/h4-7,11H,2-3,8-10H2,1H3. The van der Waals surface area contributed by atoms with Crippen LogP contribution in [0.25, 0.3) is 0 Å². The number of piperidine rings is 1. The molecule has 0 spiro atoms. The predicted molar refractivity (Wildman–Crippen MR) is 70.1 cm³/mol. The fourth-order valence-electron chi connectivity index (χ4n) is 2.39. The second-order valence-corrected chi connectivity index (χ2v) is 5.14. The van der Waals surface area contributed by atoms with Crippen LogP contribution in [0, 0.1) is 11.7 Å². The van der Waals surface area contributed by atoms with E-state index in [-0.39, 0.29) is 36.4 Å². The van der Waals surface area contributed by atoms with E-state index in [9.17, 15) is 14.0 Å². The second-order valence-electron chi connectivity index (χ2n) is 5.14. The van der Waals surface area contributed by atoms with E-state index < -0.39 is 0 Å². The summed E-state index contributed by atoms with van der Waals surface area (Å²) in [5, 5.41) is 0. The highest BCUT2D eigenvalue weighted by molar-refractivity contribution is 5.88. The SMILES string of the molecule is CC1CCCN(CC(=O)Cc2ccc(F)cc2)C1=O. The molecule has 0 bridgehead atoms. The Kier molecular flexibility index (Phi) is 4.30. The van der Waals surface area contributed by atoms with Gasteiger partial charge in [0.05, 0.1) is 6.54 Å². The molecule has 19 heavy (non-hydrogen) atoms. The predicted octanol–water partition coefficient (Wildman–Crippen LogP) is 2.20.